The summed E-state index contributed by atoms with van der Waals surface area (Å²) in [6.45, 7) is 15.5. The number of allylic oxidation sites excluding steroid dienone is 6. The normalized spacial score (nSPS) is 43.1. The molecule has 3 fully saturated rings. The van der Waals surface area contributed by atoms with E-state index < -0.39 is 84.1 Å². The molecule has 0 aromatic heterocycles. The molecule has 5 N–H and O–H groups in total. The molecule has 0 radical (unpaired) electrons. The van der Waals surface area contributed by atoms with Crippen molar-refractivity contribution in [2.24, 2.45) is 41.4 Å². The highest BCUT2D eigenvalue weighted by Gasteiger charge is 2.53. The van der Waals surface area contributed by atoms with E-state index in [2.05, 4.69) is 19.9 Å². The summed E-state index contributed by atoms with van der Waals surface area (Å²) in [6, 6.07) is -1.08. The van der Waals surface area contributed by atoms with Crippen LogP contribution in [0.2, 0.25) is 0 Å². The van der Waals surface area contributed by atoms with Gasteiger partial charge in [0.05, 0.1) is 30.5 Å². The molecule has 2 saturated heterocycles. The highest BCUT2D eigenvalue weighted by Crippen LogP contribution is 2.38. The van der Waals surface area contributed by atoms with Crippen molar-refractivity contribution in [2.45, 2.75) is 193 Å². The summed E-state index contributed by atoms with van der Waals surface area (Å²) in [5, 5.41) is 57.1. The first kappa shape index (κ1) is 53.9. The molecule has 3 heterocycles. The van der Waals surface area contributed by atoms with Crippen molar-refractivity contribution in [3.05, 3.63) is 47.6 Å². The van der Waals surface area contributed by atoms with E-state index in [0.29, 0.717) is 63.4 Å². The minimum absolute atomic E-state index is 0.0458. The Morgan fingerprint density at radius 3 is 2.23 bits per heavy atom. The summed E-state index contributed by atoms with van der Waals surface area (Å²) >= 11 is 0. The zero-order valence-electron chi connectivity index (χ0n) is 40.4. The number of ketones is 1. The molecule has 3 unspecified atom stereocenters. The van der Waals surface area contributed by atoms with Crippen molar-refractivity contribution in [2.75, 3.05) is 20.8 Å². The molecule has 0 aromatic rings. The van der Waals surface area contributed by atoms with Gasteiger partial charge in [0.25, 0.3) is 11.7 Å². The molecule has 1 aliphatic carbocycles. The average molecular weight is 902 g/mol. The minimum Gasteiger partial charge on any atom is -0.460 e. The Morgan fingerprint density at radius 2 is 1.55 bits per heavy atom. The summed E-state index contributed by atoms with van der Waals surface area (Å²) in [5.74, 6) is -6.40. The van der Waals surface area contributed by atoms with Gasteiger partial charge in [0.1, 0.15) is 24.4 Å². The number of fused-ring (bicyclic) bond motifs is 3. The Morgan fingerprint density at radius 1 is 0.828 bits per heavy atom. The fraction of sp³-hybridized carbons (Fsp3) is 0.784. The molecule has 0 spiro atoms. The van der Waals surface area contributed by atoms with Crippen molar-refractivity contribution in [3.8, 4) is 0 Å². The molecular weight excluding hydrogens is 819 g/mol. The average Bonchev–Trinajstić information content (AvgIpc) is 3.26. The Balaban J connectivity index is 1.68. The van der Waals surface area contributed by atoms with E-state index in [4.69, 9.17) is 18.9 Å². The number of rotatable bonds is 5. The van der Waals surface area contributed by atoms with E-state index in [-0.39, 0.29) is 55.1 Å². The van der Waals surface area contributed by atoms with Crippen LogP contribution >= 0.6 is 0 Å². The number of nitrogens with zero attached hydrogens (tertiary/aromatic N) is 1. The van der Waals surface area contributed by atoms with Crippen molar-refractivity contribution >= 4 is 17.7 Å². The number of carbonyl (C=O) groups is 3. The first-order valence-corrected chi connectivity index (χ1v) is 24.2. The zero-order valence-corrected chi connectivity index (χ0v) is 40.4. The van der Waals surface area contributed by atoms with Crippen LogP contribution in [-0.4, -0.2) is 130 Å². The van der Waals surface area contributed by atoms with E-state index in [9.17, 15) is 39.9 Å². The number of aliphatic hydroxyl groups is 5. The molecule has 4 aliphatic rings. The fourth-order valence-corrected chi connectivity index (χ4v) is 10.4. The van der Waals surface area contributed by atoms with Crippen molar-refractivity contribution in [1.82, 2.24) is 4.90 Å². The van der Waals surface area contributed by atoms with Gasteiger partial charge in [-0.3, -0.25) is 9.59 Å². The number of amides is 1. The maximum Gasteiger partial charge on any atom is 0.329 e. The van der Waals surface area contributed by atoms with Gasteiger partial charge < -0.3 is 49.4 Å². The molecule has 13 nitrogen and oxygen atoms in total. The molecule has 2 bridgehead atoms. The predicted molar refractivity (Wildman–Crippen MR) is 246 cm³/mol. The van der Waals surface area contributed by atoms with Crippen LogP contribution in [0.4, 0.5) is 0 Å². The molecule has 3 aliphatic heterocycles. The molecule has 364 valence electrons. The topological polar surface area (TPSA) is 193 Å². The number of cyclic esters (lactones) is 1. The van der Waals surface area contributed by atoms with Crippen LogP contribution < -0.4 is 0 Å². The largest absolute Gasteiger partial charge is 0.460 e. The molecule has 1 amide bonds. The lowest BCUT2D eigenvalue weighted by atomic mass is 9.78. The summed E-state index contributed by atoms with van der Waals surface area (Å²) in [7, 11) is 3.05. The van der Waals surface area contributed by atoms with Gasteiger partial charge >= 0.3 is 5.97 Å². The van der Waals surface area contributed by atoms with Crippen LogP contribution in [0.5, 0.6) is 0 Å². The van der Waals surface area contributed by atoms with E-state index in [1.165, 1.54) is 12.0 Å². The maximum absolute atomic E-state index is 14.4. The second kappa shape index (κ2) is 24.9. The number of piperidine rings is 1. The van der Waals surface area contributed by atoms with Crippen LogP contribution in [-0.2, 0) is 33.3 Å². The second-order valence-electron chi connectivity index (χ2n) is 20.2. The second-order valence-corrected chi connectivity index (χ2v) is 20.2. The number of ether oxygens (including phenoxy) is 4. The van der Waals surface area contributed by atoms with E-state index >= 15 is 0 Å². The number of hydrogen-bond acceptors (Lipinski definition) is 12. The third kappa shape index (κ3) is 14.1. The van der Waals surface area contributed by atoms with E-state index in [1.807, 2.05) is 52.0 Å². The first-order chi connectivity index (χ1) is 30.2. The van der Waals surface area contributed by atoms with Gasteiger partial charge in [0.2, 0.25) is 5.79 Å². The minimum atomic E-state index is -2.35. The standard InChI is InChI=1S/C51H83NO12/c1-30-16-12-11-13-17-31(2)32(3)27-39-21-19-37(8)51(60,64-39)48(57)49(58)52-23-15-14-18-40(52)50(59)63-43(34(5)26-38-20-22-41(53)44(28-38)61-9)29-42(54)33(4)25-36(7)46(56)47(62-10)45(55)35(6)24-30/h11-13,16-17,25,30,32-35,37-47,53-56,60H,14-15,18-24,26-29H2,1-10H3/b13-11+,16-12+,31-17+,36-25+/t30-,32+,33-,34-,35-,37-,38?,39+,40?,41?,42+,43+,44-,45+,46+,47+,51-/m1/s1. The lowest BCUT2D eigenvalue weighted by Crippen LogP contribution is -2.60. The van der Waals surface area contributed by atoms with Gasteiger partial charge in [-0.2, -0.15) is 0 Å². The smallest absolute Gasteiger partial charge is 0.329 e. The van der Waals surface area contributed by atoms with Crippen molar-refractivity contribution in [3.63, 3.8) is 0 Å². The summed E-state index contributed by atoms with van der Waals surface area (Å²) in [5.41, 5.74) is 1.60. The number of carbonyl (C=O) groups excluding carboxylic acids is 3. The fourth-order valence-electron chi connectivity index (χ4n) is 10.4. The number of hydrogen-bond donors (Lipinski definition) is 5. The quantitative estimate of drug-likeness (QED) is 0.116. The molecule has 17 atom stereocenters. The van der Waals surface area contributed by atoms with Gasteiger partial charge in [0.15, 0.2) is 0 Å². The molecular formula is C51H83NO12. The highest BCUT2D eigenvalue weighted by molar-refractivity contribution is 6.39. The monoisotopic (exact) mass is 902 g/mol. The predicted octanol–water partition coefficient (Wildman–Crippen LogP) is 6.39. The Labute approximate surface area is 383 Å². The van der Waals surface area contributed by atoms with Gasteiger partial charge in [-0.25, -0.2) is 4.79 Å². The molecule has 13 heteroatoms. The van der Waals surface area contributed by atoms with Crippen LogP contribution in [0.25, 0.3) is 0 Å². The molecule has 0 aromatic carbocycles. The highest BCUT2D eigenvalue weighted by atomic mass is 16.6. The molecule has 64 heavy (non-hydrogen) atoms. The van der Waals surface area contributed by atoms with Crippen LogP contribution in [0.3, 0.4) is 0 Å². The third-order valence-electron chi connectivity index (χ3n) is 15.0. The number of methoxy groups -OCH3 is 2. The number of aliphatic hydroxyl groups excluding tert-OH is 4. The Kier molecular flexibility index (Phi) is 20.9. The van der Waals surface area contributed by atoms with Crippen LogP contribution in [0.15, 0.2) is 47.6 Å². The van der Waals surface area contributed by atoms with E-state index in [0.717, 1.165) is 12.0 Å². The SMILES string of the molecule is CO[C@H]1[C@@H](O)[C@H](C)C[C@H](C)/C=C/C=C/C=C(\C)[C@@H](C)C[C@@H]2CC[C@@H](C)[C@@](O)(O2)C(=O)C(=O)N2CCCCC2C(=O)O[C@H]([C@H](C)CC2CCC(O)[C@H](OC)C2)C[C@H](O)[C@H](C)/C=C(\C)[C@@H]1O. The van der Waals surface area contributed by atoms with Crippen LogP contribution in [0.1, 0.15) is 132 Å². The molecule has 1 saturated carbocycles. The summed E-state index contributed by atoms with van der Waals surface area (Å²) in [4.78, 5) is 44.0. The van der Waals surface area contributed by atoms with Crippen molar-refractivity contribution < 1.29 is 58.9 Å². The van der Waals surface area contributed by atoms with E-state index in [1.54, 1.807) is 27.0 Å². The number of Topliss-reactive ketones (excluding diaryl/α,β-unsaturated/α-hetero) is 1. The van der Waals surface area contributed by atoms with Crippen molar-refractivity contribution in [1.29, 1.82) is 0 Å². The van der Waals surface area contributed by atoms with Gasteiger partial charge in [-0.05, 0) is 120 Å². The third-order valence-corrected chi connectivity index (χ3v) is 15.0. The lowest BCUT2D eigenvalue weighted by Gasteiger charge is -2.42. The first-order valence-electron chi connectivity index (χ1n) is 24.2. The Bertz CT molecular complexity index is 1640. The Hall–Kier alpha value is -2.75. The summed E-state index contributed by atoms with van der Waals surface area (Å²) in [6.07, 6.45) is 11.9. The summed E-state index contributed by atoms with van der Waals surface area (Å²) < 4.78 is 23.8. The number of esters is 1. The van der Waals surface area contributed by atoms with Crippen LogP contribution in [0, 0.1) is 41.4 Å². The zero-order chi connectivity index (χ0) is 47.5. The van der Waals surface area contributed by atoms with Gasteiger partial charge in [-0.15, -0.1) is 0 Å². The van der Waals surface area contributed by atoms with Gasteiger partial charge in [0, 0.05) is 39.0 Å². The lowest BCUT2D eigenvalue weighted by molar-refractivity contribution is -0.264. The maximum atomic E-state index is 14.4. The molecule has 4 rings (SSSR count). The van der Waals surface area contributed by atoms with Gasteiger partial charge in [-0.1, -0.05) is 83.6 Å².